The van der Waals surface area contributed by atoms with Gasteiger partial charge in [-0.15, -0.1) is 0 Å². The minimum atomic E-state index is -3.86. The molecule has 4 rings (SSSR count). The molecule has 2 aromatic carbocycles. The smallest absolute Gasteiger partial charge is 0.315 e. The third kappa shape index (κ3) is 5.18. The van der Waals surface area contributed by atoms with Gasteiger partial charge in [0.1, 0.15) is 5.82 Å². The highest BCUT2D eigenvalue weighted by Crippen LogP contribution is 2.31. The molecule has 0 unspecified atom stereocenters. The second-order valence-electron chi connectivity index (χ2n) is 7.88. The van der Waals surface area contributed by atoms with Crippen LogP contribution in [-0.4, -0.2) is 47.4 Å². The number of nitrogens with zero attached hydrogens (tertiary/aromatic N) is 3. The van der Waals surface area contributed by atoms with Crippen LogP contribution in [0.1, 0.15) is 17.0 Å². The van der Waals surface area contributed by atoms with E-state index in [1.165, 1.54) is 29.0 Å². The second kappa shape index (κ2) is 9.50. The van der Waals surface area contributed by atoms with Crippen LogP contribution in [-0.2, 0) is 23.6 Å². The summed E-state index contributed by atoms with van der Waals surface area (Å²) in [5, 5.41) is 6.10. The van der Waals surface area contributed by atoms with E-state index in [9.17, 15) is 17.6 Å². The highest BCUT2D eigenvalue weighted by Gasteiger charge is 2.41. The maximum Gasteiger partial charge on any atom is 0.315 e. The number of hydrogen-bond acceptors (Lipinski definition) is 4. The van der Waals surface area contributed by atoms with Crippen LogP contribution >= 0.6 is 11.6 Å². The molecular formula is C22H23ClFN5O3S. The molecule has 1 aromatic heterocycles. The molecule has 0 radical (unpaired) electrons. The average Bonchev–Trinajstić information content (AvgIpc) is 3.41. The third-order valence-electron chi connectivity index (χ3n) is 5.58. The van der Waals surface area contributed by atoms with Gasteiger partial charge in [0.25, 0.3) is 10.0 Å². The third-order valence-corrected chi connectivity index (χ3v) is 7.67. The van der Waals surface area contributed by atoms with E-state index in [0.717, 1.165) is 11.1 Å². The molecule has 33 heavy (non-hydrogen) atoms. The second-order valence-corrected chi connectivity index (χ2v) is 10.2. The van der Waals surface area contributed by atoms with Gasteiger partial charge in [0, 0.05) is 43.8 Å². The zero-order valence-electron chi connectivity index (χ0n) is 17.8. The average molecular weight is 492 g/mol. The highest BCUT2D eigenvalue weighted by atomic mass is 35.5. The Bertz CT molecular complexity index is 1250. The molecule has 3 aromatic rings. The number of aryl methyl sites for hydroxylation is 1. The van der Waals surface area contributed by atoms with Gasteiger partial charge in [-0.1, -0.05) is 41.9 Å². The first-order valence-corrected chi connectivity index (χ1v) is 12.1. The first-order chi connectivity index (χ1) is 15.7. The van der Waals surface area contributed by atoms with Crippen LogP contribution in [0.5, 0.6) is 0 Å². The van der Waals surface area contributed by atoms with Crippen molar-refractivity contribution in [1.82, 2.24) is 24.5 Å². The van der Waals surface area contributed by atoms with Gasteiger partial charge in [-0.25, -0.2) is 22.6 Å². The number of rotatable bonds is 6. The van der Waals surface area contributed by atoms with Gasteiger partial charge in [-0.2, -0.15) is 4.31 Å². The van der Waals surface area contributed by atoms with E-state index in [-0.39, 0.29) is 30.6 Å². The number of halogens is 2. The maximum atomic E-state index is 13.5. The van der Waals surface area contributed by atoms with Gasteiger partial charge in [-0.05, 0) is 29.3 Å². The summed E-state index contributed by atoms with van der Waals surface area (Å²) in [5.74, 6) is -0.758. The van der Waals surface area contributed by atoms with Crippen LogP contribution in [0.3, 0.4) is 0 Å². The van der Waals surface area contributed by atoms with Crippen molar-refractivity contribution in [2.24, 2.45) is 7.05 Å². The number of hydrogen-bond donors (Lipinski definition) is 2. The van der Waals surface area contributed by atoms with E-state index in [1.807, 2.05) is 6.07 Å². The van der Waals surface area contributed by atoms with Crippen LogP contribution < -0.4 is 10.6 Å². The predicted molar refractivity (Wildman–Crippen MR) is 122 cm³/mol. The molecule has 0 bridgehead atoms. The molecule has 8 nitrogen and oxygen atoms in total. The number of carbonyl (C=O) groups is 1. The summed E-state index contributed by atoms with van der Waals surface area (Å²) in [6.45, 7) is 0.399. The molecule has 1 aliphatic rings. The Morgan fingerprint density at radius 3 is 2.58 bits per heavy atom. The lowest BCUT2D eigenvalue weighted by Gasteiger charge is -2.20. The molecule has 0 saturated carbocycles. The summed E-state index contributed by atoms with van der Waals surface area (Å²) < 4.78 is 42.5. The summed E-state index contributed by atoms with van der Waals surface area (Å²) >= 11 is 6.14. The summed E-state index contributed by atoms with van der Waals surface area (Å²) in [6, 6.07) is 12.0. The van der Waals surface area contributed by atoms with Crippen molar-refractivity contribution < 1.29 is 17.6 Å². The molecular weight excluding hydrogens is 469 g/mol. The highest BCUT2D eigenvalue weighted by molar-refractivity contribution is 7.89. The van der Waals surface area contributed by atoms with E-state index in [4.69, 9.17) is 11.6 Å². The molecule has 1 saturated heterocycles. The van der Waals surface area contributed by atoms with Crippen LogP contribution in [0.25, 0.3) is 0 Å². The summed E-state index contributed by atoms with van der Waals surface area (Å²) in [7, 11) is -2.17. The fourth-order valence-corrected chi connectivity index (χ4v) is 5.51. The molecule has 1 aliphatic heterocycles. The quantitative estimate of drug-likeness (QED) is 0.554. The number of carbonyl (C=O) groups excluding carboxylic acids is 1. The van der Waals surface area contributed by atoms with Crippen molar-refractivity contribution >= 4 is 27.7 Å². The van der Waals surface area contributed by atoms with Crippen LogP contribution in [0.4, 0.5) is 9.18 Å². The Morgan fingerprint density at radius 1 is 1.18 bits per heavy atom. The van der Waals surface area contributed by atoms with Gasteiger partial charge < -0.3 is 15.2 Å². The molecule has 1 fully saturated rings. The van der Waals surface area contributed by atoms with Crippen LogP contribution in [0.15, 0.2) is 66.1 Å². The summed E-state index contributed by atoms with van der Waals surface area (Å²) in [4.78, 5) is 16.6. The van der Waals surface area contributed by atoms with Crippen molar-refractivity contribution in [2.45, 2.75) is 23.5 Å². The van der Waals surface area contributed by atoms with Crippen LogP contribution in [0.2, 0.25) is 5.02 Å². The standard InChI is InChI=1S/C22H23ClFN5O3S/c1-28-13-21(26-14-28)33(31,32)29-11-18(15-6-8-17(24)9-7-15)20(12-29)27-22(30)25-10-16-4-2-3-5-19(16)23/h2-9,13-14,18,20H,10-12H2,1H3,(H2,25,27,30)/t18-,20+/m1/s1. The fraction of sp³-hybridized carbons (Fsp3) is 0.273. The van der Waals surface area contributed by atoms with Gasteiger partial charge >= 0.3 is 6.03 Å². The zero-order valence-corrected chi connectivity index (χ0v) is 19.4. The van der Waals surface area contributed by atoms with Gasteiger partial charge in [0.2, 0.25) is 0 Å². The van der Waals surface area contributed by atoms with Gasteiger partial charge in [0.05, 0.1) is 12.4 Å². The number of nitrogens with one attached hydrogen (secondary N) is 2. The number of sulfonamides is 1. The molecule has 0 aliphatic carbocycles. The molecule has 174 valence electrons. The first-order valence-electron chi connectivity index (χ1n) is 10.3. The minimum Gasteiger partial charge on any atom is -0.339 e. The summed E-state index contributed by atoms with van der Waals surface area (Å²) in [5.41, 5.74) is 1.49. The van der Waals surface area contributed by atoms with Crippen molar-refractivity contribution in [3.05, 3.63) is 83.0 Å². The Morgan fingerprint density at radius 2 is 1.91 bits per heavy atom. The number of benzene rings is 2. The van der Waals surface area contributed by atoms with Crippen LogP contribution in [0, 0.1) is 5.82 Å². The SMILES string of the molecule is Cn1cnc(S(=O)(=O)N2C[C@H](NC(=O)NCc3ccccc3Cl)[C@@H](c3ccc(F)cc3)C2)c1. The Hall–Kier alpha value is -2.95. The van der Waals surface area contributed by atoms with E-state index in [2.05, 4.69) is 15.6 Å². The van der Waals surface area contributed by atoms with Gasteiger partial charge in [0.15, 0.2) is 5.03 Å². The molecule has 11 heteroatoms. The summed E-state index contributed by atoms with van der Waals surface area (Å²) in [6.07, 6.45) is 2.84. The number of imidazole rings is 1. The monoisotopic (exact) mass is 491 g/mol. The number of aromatic nitrogens is 2. The molecule has 0 spiro atoms. The van der Waals surface area contributed by atoms with E-state index in [1.54, 1.807) is 41.9 Å². The van der Waals surface area contributed by atoms with Crippen molar-refractivity contribution in [2.75, 3.05) is 13.1 Å². The zero-order chi connectivity index (χ0) is 23.6. The Balaban J connectivity index is 1.52. The minimum absolute atomic E-state index is 0.0560. The van der Waals surface area contributed by atoms with E-state index >= 15 is 0 Å². The lowest BCUT2D eigenvalue weighted by atomic mass is 9.94. The lowest BCUT2D eigenvalue weighted by molar-refractivity contribution is 0.236. The molecule has 2 amide bonds. The van der Waals surface area contributed by atoms with Crippen molar-refractivity contribution in [1.29, 1.82) is 0 Å². The molecule has 2 N–H and O–H groups in total. The molecule has 2 heterocycles. The number of urea groups is 1. The van der Waals surface area contributed by atoms with E-state index in [0.29, 0.717) is 5.02 Å². The Kier molecular flexibility index (Phi) is 6.68. The van der Waals surface area contributed by atoms with Crippen molar-refractivity contribution in [3.8, 4) is 0 Å². The lowest BCUT2D eigenvalue weighted by Crippen LogP contribution is -2.45. The predicted octanol–water partition coefficient (Wildman–Crippen LogP) is 2.87. The normalized spacial score (nSPS) is 18.9. The number of amides is 2. The van der Waals surface area contributed by atoms with Crippen molar-refractivity contribution in [3.63, 3.8) is 0 Å². The Labute approximate surface area is 196 Å². The van der Waals surface area contributed by atoms with Gasteiger partial charge in [-0.3, -0.25) is 0 Å². The first kappa shape index (κ1) is 23.2. The molecule has 2 atom stereocenters. The fourth-order valence-electron chi connectivity index (χ4n) is 3.85. The largest absolute Gasteiger partial charge is 0.339 e. The maximum absolute atomic E-state index is 13.5. The van der Waals surface area contributed by atoms with E-state index < -0.39 is 27.9 Å². The topological polar surface area (TPSA) is 96.3 Å².